The molecule has 5 nitrogen and oxygen atoms in total. The third-order valence-electron chi connectivity index (χ3n) is 6.29. The lowest BCUT2D eigenvalue weighted by molar-refractivity contribution is 0.369. The van der Waals surface area contributed by atoms with E-state index in [2.05, 4.69) is 78.9 Å². The maximum Gasteiger partial charge on any atom is 0.162 e. The Kier molecular flexibility index (Phi) is 7.57. The van der Waals surface area contributed by atoms with Crippen molar-refractivity contribution >= 4 is 16.6 Å². The fourth-order valence-electron chi connectivity index (χ4n) is 4.18. The van der Waals surface area contributed by atoms with Crippen LogP contribution in [0.5, 0.6) is 11.5 Å². The van der Waals surface area contributed by atoms with Gasteiger partial charge in [-0.15, -0.1) is 0 Å². The van der Waals surface area contributed by atoms with Crippen LogP contribution in [0.4, 0.5) is 5.69 Å². The molecule has 35 heavy (non-hydrogen) atoms. The van der Waals surface area contributed by atoms with Crippen LogP contribution in [0.25, 0.3) is 22.0 Å². The van der Waals surface area contributed by atoms with E-state index in [1.54, 1.807) is 13.2 Å². The Morgan fingerprint density at radius 2 is 1.69 bits per heavy atom. The number of anilines is 1. The molecule has 0 aliphatic carbocycles. The molecular weight excluding hydrogens is 434 g/mol. The maximum atomic E-state index is 10.2. The van der Waals surface area contributed by atoms with Crippen molar-refractivity contribution < 1.29 is 9.84 Å². The Morgan fingerprint density at radius 3 is 2.43 bits per heavy atom. The lowest BCUT2D eigenvalue weighted by Crippen LogP contribution is -2.17. The van der Waals surface area contributed by atoms with E-state index in [9.17, 15) is 5.11 Å². The van der Waals surface area contributed by atoms with Gasteiger partial charge in [-0.3, -0.25) is 4.98 Å². The zero-order valence-electron chi connectivity index (χ0n) is 21.1. The molecular formula is C30H35N3O2. The number of hydrogen-bond acceptors (Lipinski definition) is 5. The molecule has 4 aromatic rings. The van der Waals surface area contributed by atoms with Gasteiger partial charge in [-0.25, -0.2) is 0 Å². The smallest absolute Gasteiger partial charge is 0.162 e. The van der Waals surface area contributed by atoms with Crippen molar-refractivity contribution in [3.63, 3.8) is 0 Å². The average molecular weight is 470 g/mol. The number of aromatic nitrogens is 1. The van der Waals surface area contributed by atoms with Crippen molar-refractivity contribution in [3.05, 3.63) is 84.1 Å². The zero-order valence-corrected chi connectivity index (χ0v) is 21.1. The van der Waals surface area contributed by atoms with Gasteiger partial charge in [0.15, 0.2) is 11.5 Å². The number of nitrogens with one attached hydrogen (secondary N) is 2. The van der Waals surface area contributed by atoms with E-state index < -0.39 is 0 Å². The molecule has 0 saturated heterocycles. The third kappa shape index (κ3) is 5.92. The van der Waals surface area contributed by atoms with E-state index in [1.165, 1.54) is 16.7 Å². The highest BCUT2D eigenvalue weighted by molar-refractivity contribution is 5.93. The van der Waals surface area contributed by atoms with Crippen LogP contribution < -0.4 is 15.4 Å². The average Bonchev–Trinajstić information content (AvgIpc) is 2.86. The first-order chi connectivity index (χ1) is 16.9. The summed E-state index contributed by atoms with van der Waals surface area (Å²) in [4.78, 5) is 4.61. The quantitative estimate of drug-likeness (QED) is 0.244. The lowest BCUT2D eigenvalue weighted by atomic mass is 9.86. The first kappa shape index (κ1) is 24.6. The number of aromatic hydroxyl groups is 1. The summed E-state index contributed by atoms with van der Waals surface area (Å²) < 4.78 is 5.17. The van der Waals surface area contributed by atoms with E-state index in [-0.39, 0.29) is 11.2 Å². The van der Waals surface area contributed by atoms with Crippen molar-refractivity contribution in [2.45, 2.75) is 39.2 Å². The Morgan fingerprint density at radius 1 is 0.914 bits per heavy atom. The minimum Gasteiger partial charge on any atom is -0.504 e. The van der Waals surface area contributed by atoms with Crippen LogP contribution in [-0.4, -0.2) is 30.3 Å². The van der Waals surface area contributed by atoms with E-state index in [1.807, 2.05) is 24.4 Å². The van der Waals surface area contributed by atoms with Crippen LogP contribution in [0.2, 0.25) is 0 Å². The Hall–Kier alpha value is -3.57. The largest absolute Gasteiger partial charge is 0.504 e. The molecule has 0 unspecified atom stereocenters. The van der Waals surface area contributed by atoms with Crippen molar-refractivity contribution in [1.29, 1.82) is 0 Å². The van der Waals surface area contributed by atoms with Crippen molar-refractivity contribution in [2.24, 2.45) is 0 Å². The van der Waals surface area contributed by atoms with Gasteiger partial charge in [0.1, 0.15) is 0 Å². The molecule has 1 heterocycles. The van der Waals surface area contributed by atoms with Gasteiger partial charge in [-0.1, -0.05) is 69.3 Å². The van der Waals surface area contributed by atoms with Gasteiger partial charge in [0.25, 0.3) is 0 Å². The molecule has 0 amide bonds. The van der Waals surface area contributed by atoms with E-state index in [4.69, 9.17) is 4.74 Å². The molecule has 3 N–H and O–H groups in total. The molecule has 1 aromatic heterocycles. The van der Waals surface area contributed by atoms with Gasteiger partial charge >= 0.3 is 0 Å². The van der Waals surface area contributed by atoms with Crippen LogP contribution >= 0.6 is 0 Å². The van der Waals surface area contributed by atoms with E-state index in [0.29, 0.717) is 12.3 Å². The van der Waals surface area contributed by atoms with Crippen molar-refractivity contribution in [3.8, 4) is 22.6 Å². The minimum absolute atomic E-state index is 0.149. The van der Waals surface area contributed by atoms with Crippen LogP contribution in [-0.2, 0) is 12.0 Å². The number of nitrogens with zero attached hydrogens (tertiary/aromatic N) is 1. The maximum absolute atomic E-state index is 10.2. The molecule has 182 valence electrons. The summed E-state index contributed by atoms with van der Waals surface area (Å²) in [6, 6.07) is 22.9. The third-order valence-corrected chi connectivity index (χ3v) is 6.29. The highest BCUT2D eigenvalue weighted by Crippen LogP contribution is 2.30. The van der Waals surface area contributed by atoms with Crippen LogP contribution in [0, 0.1) is 0 Å². The summed E-state index contributed by atoms with van der Waals surface area (Å²) in [6.07, 6.45) is 2.81. The summed E-state index contributed by atoms with van der Waals surface area (Å²) in [7, 11) is 1.56. The predicted molar refractivity (Wildman–Crippen MR) is 145 cm³/mol. The molecule has 0 bridgehead atoms. The predicted octanol–water partition coefficient (Wildman–Crippen LogP) is 6.51. The van der Waals surface area contributed by atoms with Gasteiger partial charge in [0, 0.05) is 35.9 Å². The molecule has 0 radical (unpaired) electrons. The number of ether oxygens (including phenoxy) is 1. The fourth-order valence-corrected chi connectivity index (χ4v) is 4.18. The summed E-state index contributed by atoms with van der Waals surface area (Å²) >= 11 is 0. The second-order valence-electron chi connectivity index (χ2n) is 9.84. The zero-order chi connectivity index (χ0) is 24.8. The van der Waals surface area contributed by atoms with Crippen LogP contribution in [0.15, 0.2) is 72.9 Å². The Balaban J connectivity index is 1.34. The number of methoxy groups -OCH3 is 1. The molecule has 5 heteroatoms. The van der Waals surface area contributed by atoms with Gasteiger partial charge in [-0.2, -0.15) is 0 Å². The minimum atomic E-state index is 0.149. The summed E-state index contributed by atoms with van der Waals surface area (Å²) in [5.74, 6) is 0.703. The van der Waals surface area contributed by atoms with Crippen molar-refractivity contribution in [1.82, 2.24) is 10.3 Å². The van der Waals surface area contributed by atoms with Gasteiger partial charge in [-0.05, 0) is 53.3 Å². The normalized spacial score (nSPS) is 11.5. The van der Waals surface area contributed by atoms with Crippen LogP contribution in [0.3, 0.4) is 0 Å². The number of para-hydroxylation sites is 1. The number of phenols is 1. The first-order valence-electron chi connectivity index (χ1n) is 12.2. The number of benzene rings is 3. The first-order valence-corrected chi connectivity index (χ1v) is 12.2. The molecule has 0 saturated carbocycles. The monoisotopic (exact) mass is 469 g/mol. The second-order valence-corrected chi connectivity index (χ2v) is 9.84. The second kappa shape index (κ2) is 10.8. The van der Waals surface area contributed by atoms with Gasteiger partial charge < -0.3 is 20.5 Å². The fraction of sp³-hybridized carbons (Fsp3) is 0.300. The Bertz CT molecular complexity index is 1280. The molecule has 4 rings (SSSR count). The molecule has 0 aliphatic rings. The number of phenolic OH excluding ortho intramolecular Hbond substituents is 1. The van der Waals surface area contributed by atoms with E-state index in [0.717, 1.165) is 41.7 Å². The summed E-state index contributed by atoms with van der Waals surface area (Å²) in [5, 5.41) is 18.3. The number of rotatable bonds is 9. The van der Waals surface area contributed by atoms with Gasteiger partial charge in [0.05, 0.1) is 12.6 Å². The van der Waals surface area contributed by atoms with Crippen LogP contribution in [0.1, 0.15) is 38.3 Å². The standard InChI is InChI=1S/C30H35N3O2/c1-30(2,3)24-12-9-21(10-13-24)22-11-14-25-26(15-18-33-27(25)19-22)32-17-6-16-31-20-23-7-5-8-28(35-4)29(23)34/h5,7-15,18-19,31,34H,6,16-17,20H2,1-4H3,(H,32,33). The number of hydrogen-bond donors (Lipinski definition) is 3. The lowest BCUT2D eigenvalue weighted by Gasteiger charge is -2.19. The highest BCUT2D eigenvalue weighted by Gasteiger charge is 2.13. The SMILES string of the molecule is COc1cccc(CNCCCNc2ccnc3cc(-c4ccc(C(C)(C)C)cc4)ccc23)c1O. The summed E-state index contributed by atoms with van der Waals surface area (Å²) in [5.41, 5.74) is 6.77. The van der Waals surface area contributed by atoms with Gasteiger partial charge in [0.2, 0.25) is 0 Å². The molecule has 0 spiro atoms. The molecule has 3 aromatic carbocycles. The molecule has 0 aliphatic heterocycles. The highest BCUT2D eigenvalue weighted by atomic mass is 16.5. The van der Waals surface area contributed by atoms with E-state index >= 15 is 0 Å². The summed E-state index contributed by atoms with van der Waals surface area (Å²) in [6.45, 7) is 8.97. The topological polar surface area (TPSA) is 66.4 Å². The number of pyridine rings is 1. The van der Waals surface area contributed by atoms with Crippen molar-refractivity contribution in [2.75, 3.05) is 25.5 Å². The number of fused-ring (bicyclic) bond motifs is 1. The molecule has 0 fully saturated rings. The molecule has 0 atom stereocenters. The Labute approximate surface area is 208 Å².